The fraction of sp³-hybridized carbons (Fsp3) is 0.333. The Morgan fingerprint density at radius 1 is 1.29 bits per heavy atom. The molecule has 0 bridgehead atoms. The SMILES string of the molecule is COc1ccc(N2CCN(C(=O)Cn3ncc4c(=O)[nH]cnc43)CC2)cc1F. The summed E-state index contributed by atoms with van der Waals surface area (Å²) in [5.74, 6) is -0.310. The van der Waals surface area contributed by atoms with Crippen molar-refractivity contribution in [2.45, 2.75) is 6.54 Å². The zero-order chi connectivity index (χ0) is 19.7. The summed E-state index contributed by atoms with van der Waals surface area (Å²) in [5, 5.41) is 4.45. The van der Waals surface area contributed by atoms with Gasteiger partial charge in [0.25, 0.3) is 5.56 Å². The largest absolute Gasteiger partial charge is 0.494 e. The van der Waals surface area contributed by atoms with Gasteiger partial charge in [-0.3, -0.25) is 9.59 Å². The van der Waals surface area contributed by atoms with Gasteiger partial charge >= 0.3 is 0 Å². The Labute approximate surface area is 159 Å². The Kier molecular flexibility index (Phi) is 4.68. The maximum Gasteiger partial charge on any atom is 0.261 e. The third-order valence-electron chi connectivity index (χ3n) is 4.86. The van der Waals surface area contributed by atoms with Crippen molar-refractivity contribution >= 4 is 22.6 Å². The smallest absolute Gasteiger partial charge is 0.261 e. The number of carbonyl (C=O) groups excluding carboxylic acids is 1. The van der Waals surface area contributed by atoms with E-state index in [2.05, 4.69) is 15.1 Å². The van der Waals surface area contributed by atoms with E-state index >= 15 is 0 Å². The molecule has 10 heteroatoms. The molecular formula is C18H19FN6O3. The highest BCUT2D eigenvalue weighted by Crippen LogP contribution is 2.24. The molecule has 1 aliphatic heterocycles. The molecule has 146 valence electrons. The van der Waals surface area contributed by atoms with Crippen LogP contribution in [-0.4, -0.2) is 63.8 Å². The molecule has 0 spiro atoms. The van der Waals surface area contributed by atoms with Gasteiger partial charge in [-0.15, -0.1) is 0 Å². The normalized spacial score (nSPS) is 14.5. The Balaban J connectivity index is 1.40. The van der Waals surface area contributed by atoms with Crippen molar-refractivity contribution in [3.63, 3.8) is 0 Å². The molecule has 1 saturated heterocycles. The molecule has 28 heavy (non-hydrogen) atoms. The highest BCUT2D eigenvalue weighted by Gasteiger charge is 2.23. The number of methoxy groups -OCH3 is 1. The summed E-state index contributed by atoms with van der Waals surface area (Å²) >= 11 is 0. The topological polar surface area (TPSA) is 96.4 Å². The van der Waals surface area contributed by atoms with E-state index in [1.54, 1.807) is 17.0 Å². The van der Waals surface area contributed by atoms with E-state index in [0.717, 1.165) is 5.69 Å². The molecule has 0 unspecified atom stereocenters. The Morgan fingerprint density at radius 3 is 2.79 bits per heavy atom. The fourth-order valence-corrected chi connectivity index (χ4v) is 3.31. The number of halogens is 1. The summed E-state index contributed by atoms with van der Waals surface area (Å²) in [6.45, 7) is 2.22. The van der Waals surface area contributed by atoms with E-state index in [1.807, 2.05) is 4.90 Å². The zero-order valence-corrected chi connectivity index (χ0v) is 15.3. The summed E-state index contributed by atoms with van der Waals surface area (Å²) in [4.78, 5) is 34.7. The molecule has 1 N–H and O–H groups in total. The van der Waals surface area contributed by atoms with Gasteiger partial charge < -0.3 is 19.5 Å². The Hall–Kier alpha value is -3.43. The molecule has 9 nitrogen and oxygen atoms in total. The first-order valence-corrected chi connectivity index (χ1v) is 8.82. The number of anilines is 1. The van der Waals surface area contributed by atoms with Crippen molar-refractivity contribution in [3.8, 4) is 5.75 Å². The van der Waals surface area contributed by atoms with Crippen molar-refractivity contribution in [1.82, 2.24) is 24.6 Å². The summed E-state index contributed by atoms with van der Waals surface area (Å²) in [5.41, 5.74) is 0.848. The second-order valence-electron chi connectivity index (χ2n) is 6.46. The lowest BCUT2D eigenvalue weighted by Gasteiger charge is -2.36. The standard InChI is InChI=1S/C18H19FN6O3/c1-28-15-3-2-12(8-14(15)19)23-4-6-24(7-5-23)16(26)10-25-17-13(9-22-25)18(27)21-11-20-17/h2-3,8-9,11H,4-7,10H2,1H3,(H,20,21,27). The van der Waals surface area contributed by atoms with Gasteiger partial charge in [0.1, 0.15) is 11.9 Å². The number of fused-ring (bicyclic) bond motifs is 1. The number of aromatic amines is 1. The van der Waals surface area contributed by atoms with E-state index in [4.69, 9.17) is 4.74 Å². The predicted octanol–water partition coefficient (Wildman–Crippen LogP) is 0.616. The molecule has 0 radical (unpaired) electrons. The molecule has 1 amide bonds. The lowest BCUT2D eigenvalue weighted by Crippen LogP contribution is -2.49. The van der Waals surface area contributed by atoms with Crippen LogP contribution in [0.3, 0.4) is 0 Å². The van der Waals surface area contributed by atoms with Gasteiger partial charge in [-0.2, -0.15) is 5.10 Å². The third-order valence-corrected chi connectivity index (χ3v) is 4.86. The molecule has 4 rings (SSSR count). The van der Waals surface area contributed by atoms with E-state index in [0.29, 0.717) is 37.2 Å². The van der Waals surface area contributed by atoms with Crippen molar-refractivity contribution in [2.75, 3.05) is 38.2 Å². The number of carbonyl (C=O) groups is 1. The molecule has 1 aromatic carbocycles. The van der Waals surface area contributed by atoms with Gasteiger partial charge in [-0.25, -0.2) is 14.1 Å². The number of benzene rings is 1. The van der Waals surface area contributed by atoms with Crippen LogP contribution in [0.4, 0.5) is 10.1 Å². The van der Waals surface area contributed by atoms with Crippen molar-refractivity contribution < 1.29 is 13.9 Å². The van der Waals surface area contributed by atoms with Crippen LogP contribution in [0.5, 0.6) is 5.75 Å². The minimum atomic E-state index is -0.411. The number of H-pyrrole nitrogens is 1. The van der Waals surface area contributed by atoms with Gasteiger partial charge in [0.2, 0.25) is 5.91 Å². The number of aromatic nitrogens is 4. The highest BCUT2D eigenvalue weighted by molar-refractivity contribution is 5.79. The number of amides is 1. The van der Waals surface area contributed by atoms with E-state index < -0.39 is 5.82 Å². The predicted molar refractivity (Wildman–Crippen MR) is 99.9 cm³/mol. The Morgan fingerprint density at radius 2 is 2.07 bits per heavy atom. The average molecular weight is 386 g/mol. The summed E-state index contributed by atoms with van der Waals surface area (Å²) in [6.07, 6.45) is 2.70. The summed E-state index contributed by atoms with van der Waals surface area (Å²) in [6, 6.07) is 4.84. The number of hydrogen-bond acceptors (Lipinski definition) is 6. The minimum Gasteiger partial charge on any atom is -0.494 e. The van der Waals surface area contributed by atoms with Crippen LogP contribution in [0, 0.1) is 5.82 Å². The Bertz CT molecular complexity index is 1070. The number of nitrogens with zero attached hydrogens (tertiary/aromatic N) is 5. The maximum atomic E-state index is 13.9. The molecular weight excluding hydrogens is 367 g/mol. The second kappa shape index (κ2) is 7.29. The molecule has 0 saturated carbocycles. The average Bonchev–Trinajstić information content (AvgIpc) is 3.12. The number of rotatable bonds is 4. The molecule has 1 aliphatic rings. The van der Waals surface area contributed by atoms with Gasteiger partial charge in [0, 0.05) is 37.9 Å². The van der Waals surface area contributed by atoms with E-state index in [1.165, 1.54) is 30.4 Å². The molecule has 1 fully saturated rings. The molecule has 0 aliphatic carbocycles. The van der Waals surface area contributed by atoms with Gasteiger partial charge in [-0.1, -0.05) is 0 Å². The minimum absolute atomic E-state index is 0.0110. The van der Waals surface area contributed by atoms with Crippen LogP contribution in [0.2, 0.25) is 0 Å². The van der Waals surface area contributed by atoms with Crippen LogP contribution in [0.1, 0.15) is 0 Å². The molecule has 0 atom stereocenters. The second-order valence-corrected chi connectivity index (χ2v) is 6.46. The monoisotopic (exact) mass is 386 g/mol. The third kappa shape index (κ3) is 3.28. The first-order chi connectivity index (χ1) is 13.6. The number of nitrogens with one attached hydrogen (secondary N) is 1. The van der Waals surface area contributed by atoms with Gasteiger partial charge in [0.05, 0.1) is 19.6 Å². The van der Waals surface area contributed by atoms with E-state index in [9.17, 15) is 14.0 Å². The lowest BCUT2D eigenvalue weighted by atomic mass is 10.2. The fourth-order valence-electron chi connectivity index (χ4n) is 3.31. The first kappa shape index (κ1) is 18.0. The highest BCUT2D eigenvalue weighted by atomic mass is 19.1. The van der Waals surface area contributed by atoms with Crippen molar-refractivity contribution in [1.29, 1.82) is 0 Å². The van der Waals surface area contributed by atoms with Gasteiger partial charge in [-0.05, 0) is 12.1 Å². The summed E-state index contributed by atoms with van der Waals surface area (Å²) < 4.78 is 20.3. The molecule has 3 aromatic rings. The van der Waals surface area contributed by atoms with Crippen LogP contribution < -0.4 is 15.2 Å². The molecule has 3 heterocycles. The van der Waals surface area contributed by atoms with Crippen LogP contribution >= 0.6 is 0 Å². The number of hydrogen-bond donors (Lipinski definition) is 1. The van der Waals surface area contributed by atoms with Crippen LogP contribution in [-0.2, 0) is 11.3 Å². The number of ether oxygens (including phenoxy) is 1. The number of piperazine rings is 1. The first-order valence-electron chi connectivity index (χ1n) is 8.82. The quantitative estimate of drug-likeness (QED) is 0.706. The van der Waals surface area contributed by atoms with Gasteiger partial charge in [0.15, 0.2) is 17.2 Å². The zero-order valence-electron chi connectivity index (χ0n) is 15.3. The van der Waals surface area contributed by atoms with Crippen molar-refractivity contribution in [2.24, 2.45) is 0 Å². The molecule has 2 aromatic heterocycles. The lowest BCUT2D eigenvalue weighted by molar-refractivity contribution is -0.132. The van der Waals surface area contributed by atoms with Crippen molar-refractivity contribution in [3.05, 3.63) is 46.9 Å². The van der Waals surface area contributed by atoms with Crippen LogP contribution in [0.15, 0.2) is 35.5 Å². The summed E-state index contributed by atoms with van der Waals surface area (Å²) in [7, 11) is 1.43. The maximum absolute atomic E-state index is 13.9. The van der Waals surface area contributed by atoms with E-state index in [-0.39, 0.29) is 23.8 Å². The van der Waals surface area contributed by atoms with Crippen LogP contribution in [0.25, 0.3) is 11.0 Å².